The molecule has 8 heteroatoms. The minimum atomic E-state index is -1.64. The van der Waals surface area contributed by atoms with E-state index < -0.39 is 23.8 Å². The molecule has 5 nitrogen and oxygen atoms in total. The molecular weight excluding hydrogens is 422 g/mol. The number of carbonyl (C=O) groups is 1. The van der Waals surface area contributed by atoms with Gasteiger partial charge in [0, 0.05) is 16.7 Å². The molecule has 1 atom stereocenters. The highest BCUT2D eigenvalue weighted by molar-refractivity contribution is 6.33. The Bertz CT molecular complexity index is 932. The van der Waals surface area contributed by atoms with Gasteiger partial charge in [0.15, 0.2) is 0 Å². The Labute approximate surface area is 178 Å². The van der Waals surface area contributed by atoms with Crippen molar-refractivity contribution in [1.29, 1.82) is 0 Å². The monoisotopic (exact) mass is 442 g/mol. The van der Waals surface area contributed by atoms with E-state index in [4.69, 9.17) is 37.4 Å². The first-order chi connectivity index (χ1) is 13.8. The van der Waals surface area contributed by atoms with Crippen LogP contribution in [0.3, 0.4) is 0 Å². The highest BCUT2D eigenvalue weighted by Gasteiger charge is 2.44. The highest BCUT2D eigenvalue weighted by atomic mass is 35.5. The van der Waals surface area contributed by atoms with Crippen LogP contribution in [0.15, 0.2) is 42.5 Å². The molecule has 0 bridgehead atoms. The Hall–Kier alpha value is -2.28. The van der Waals surface area contributed by atoms with Gasteiger partial charge < -0.3 is 19.3 Å². The predicted octanol–water partition coefficient (Wildman–Crippen LogP) is 4.55. The third-order valence-corrected chi connectivity index (χ3v) is 5.30. The standard InChI is InChI=1S/C21H21Cl2FO5/c1-5-29-20(26)12(2)21(11-25,15-7-6-13(24)8-17(15)22)16-9-14(27-3)10-18(28-4)19(16)23/h6-10,25H,2,5,11H2,1,3-4H3. The van der Waals surface area contributed by atoms with Crippen LogP contribution in [-0.4, -0.2) is 38.5 Å². The van der Waals surface area contributed by atoms with Crippen molar-refractivity contribution in [3.05, 3.63) is 69.5 Å². The summed E-state index contributed by atoms with van der Waals surface area (Å²) in [6.07, 6.45) is 0. The van der Waals surface area contributed by atoms with E-state index in [9.17, 15) is 14.3 Å². The van der Waals surface area contributed by atoms with Crippen molar-refractivity contribution in [2.24, 2.45) is 0 Å². The summed E-state index contributed by atoms with van der Waals surface area (Å²) in [5.41, 5.74) is -1.31. The van der Waals surface area contributed by atoms with Crippen molar-refractivity contribution in [1.82, 2.24) is 0 Å². The minimum Gasteiger partial charge on any atom is -0.497 e. The maximum atomic E-state index is 13.7. The number of hydrogen-bond donors (Lipinski definition) is 1. The molecule has 2 aromatic carbocycles. The third-order valence-electron chi connectivity index (χ3n) is 4.59. The van der Waals surface area contributed by atoms with Gasteiger partial charge in [-0.25, -0.2) is 9.18 Å². The number of hydrogen-bond acceptors (Lipinski definition) is 5. The van der Waals surface area contributed by atoms with Crippen molar-refractivity contribution >= 4 is 29.2 Å². The van der Waals surface area contributed by atoms with Crippen molar-refractivity contribution < 1.29 is 28.5 Å². The average molecular weight is 443 g/mol. The van der Waals surface area contributed by atoms with Crippen LogP contribution >= 0.6 is 23.2 Å². The maximum absolute atomic E-state index is 13.7. The van der Waals surface area contributed by atoms with Gasteiger partial charge in [-0.1, -0.05) is 35.8 Å². The number of ether oxygens (including phenoxy) is 3. The van der Waals surface area contributed by atoms with Crippen LogP contribution < -0.4 is 9.47 Å². The zero-order valence-electron chi connectivity index (χ0n) is 16.2. The fourth-order valence-corrected chi connectivity index (χ4v) is 3.79. The average Bonchev–Trinajstić information content (AvgIpc) is 2.70. The Morgan fingerprint density at radius 2 is 1.86 bits per heavy atom. The van der Waals surface area contributed by atoms with Gasteiger partial charge in [0.25, 0.3) is 0 Å². The van der Waals surface area contributed by atoms with Crippen molar-refractivity contribution in [3.63, 3.8) is 0 Å². The van der Waals surface area contributed by atoms with Gasteiger partial charge in [0.1, 0.15) is 17.3 Å². The summed E-state index contributed by atoms with van der Waals surface area (Å²) in [6.45, 7) is 4.92. The fraction of sp³-hybridized carbons (Fsp3) is 0.286. The number of carbonyl (C=O) groups excluding carboxylic acids is 1. The molecule has 0 saturated carbocycles. The zero-order valence-corrected chi connectivity index (χ0v) is 17.7. The lowest BCUT2D eigenvalue weighted by Crippen LogP contribution is -2.38. The van der Waals surface area contributed by atoms with Crippen LogP contribution in [0.4, 0.5) is 4.39 Å². The van der Waals surface area contributed by atoms with Crippen molar-refractivity contribution in [3.8, 4) is 11.5 Å². The molecule has 0 aliphatic heterocycles. The third kappa shape index (κ3) is 4.20. The minimum absolute atomic E-state index is 0.0256. The van der Waals surface area contributed by atoms with Gasteiger partial charge in [-0.15, -0.1) is 0 Å². The predicted molar refractivity (Wildman–Crippen MR) is 110 cm³/mol. The number of rotatable bonds is 8. The van der Waals surface area contributed by atoms with Gasteiger partial charge in [0.05, 0.1) is 37.9 Å². The van der Waals surface area contributed by atoms with Gasteiger partial charge in [-0.05, 0) is 36.2 Å². The molecule has 0 aliphatic carbocycles. The normalized spacial score (nSPS) is 12.8. The Balaban J connectivity index is 2.94. The first-order valence-electron chi connectivity index (χ1n) is 8.61. The quantitative estimate of drug-likeness (QED) is 0.479. The number of halogens is 3. The molecule has 0 heterocycles. The van der Waals surface area contributed by atoms with E-state index in [0.29, 0.717) is 5.75 Å². The Morgan fingerprint density at radius 3 is 2.38 bits per heavy atom. The van der Waals surface area contributed by atoms with Crippen LogP contribution in [0, 0.1) is 5.82 Å². The first kappa shape index (κ1) is 23.0. The fourth-order valence-electron chi connectivity index (χ4n) is 3.11. The molecule has 0 spiro atoms. The Kier molecular flexibility index (Phi) is 7.52. The molecule has 0 aliphatic rings. The second-order valence-corrected chi connectivity index (χ2v) is 6.86. The molecule has 1 unspecified atom stereocenters. The van der Waals surface area contributed by atoms with E-state index in [1.807, 2.05) is 0 Å². The van der Waals surface area contributed by atoms with E-state index in [-0.39, 0.29) is 39.1 Å². The summed E-state index contributed by atoms with van der Waals surface area (Å²) in [6, 6.07) is 6.68. The van der Waals surface area contributed by atoms with Gasteiger partial charge in [-0.3, -0.25) is 0 Å². The molecule has 1 N–H and O–H groups in total. The topological polar surface area (TPSA) is 65.0 Å². The molecule has 29 heavy (non-hydrogen) atoms. The van der Waals surface area contributed by atoms with E-state index in [2.05, 4.69) is 6.58 Å². The summed E-state index contributed by atoms with van der Waals surface area (Å²) in [5.74, 6) is -0.746. The molecule has 0 saturated heterocycles. The van der Waals surface area contributed by atoms with Gasteiger partial charge in [0.2, 0.25) is 0 Å². The molecule has 156 valence electrons. The lowest BCUT2D eigenvalue weighted by atomic mass is 9.69. The highest BCUT2D eigenvalue weighted by Crippen LogP contribution is 2.48. The number of aliphatic hydroxyl groups is 1. The summed E-state index contributed by atoms with van der Waals surface area (Å²) in [7, 11) is 2.86. The number of aliphatic hydroxyl groups excluding tert-OH is 1. The van der Waals surface area contributed by atoms with Gasteiger partial charge >= 0.3 is 5.97 Å². The maximum Gasteiger partial charge on any atom is 0.334 e. The smallest absolute Gasteiger partial charge is 0.334 e. The van der Waals surface area contributed by atoms with Crippen LogP contribution in [-0.2, 0) is 14.9 Å². The van der Waals surface area contributed by atoms with Crippen LogP contribution in [0.5, 0.6) is 11.5 Å². The molecule has 0 aromatic heterocycles. The second kappa shape index (κ2) is 9.48. The van der Waals surface area contributed by atoms with E-state index in [1.165, 1.54) is 26.4 Å². The summed E-state index contributed by atoms with van der Waals surface area (Å²) < 4.78 is 29.4. The molecule has 2 rings (SSSR count). The van der Waals surface area contributed by atoms with Crippen LogP contribution in [0.1, 0.15) is 18.1 Å². The Morgan fingerprint density at radius 1 is 1.17 bits per heavy atom. The van der Waals surface area contributed by atoms with E-state index >= 15 is 0 Å². The first-order valence-corrected chi connectivity index (χ1v) is 9.37. The molecule has 2 aromatic rings. The summed E-state index contributed by atoms with van der Waals surface area (Å²) in [4.78, 5) is 12.6. The molecule has 0 fully saturated rings. The lowest BCUT2D eigenvalue weighted by molar-refractivity contribution is -0.139. The van der Waals surface area contributed by atoms with Crippen LogP contribution in [0.2, 0.25) is 10.0 Å². The number of methoxy groups -OCH3 is 2. The summed E-state index contributed by atoms with van der Waals surface area (Å²) in [5, 5.41) is 10.6. The zero-order chi connectivity index (χ0) is 21.8. The van der Waals surface area contributed by atoms with E-state index in [0.717, 1.165) is 12.1 Å². The number of benzene rings is 2. The van der Waals surface area contributed by atoms with Crippen molar-refractivity contribution in [2.45, 2.75) is 12.3 Å². The van der Waals surface area contributed by atoms with Crippen molar-refractivity contribution in [2.75, 3.05) is 27.4 Å². The molecule has 0 radical (unpaired) electrons. The van der Waals surface area contributed by atoms with E-state index in [1.54, 1.807) is 13.0 Å². The number of esters is 1. The SMILES string of the molecule is C=C(C(=O)OCC)C(CO)(c1ccc(F)cc1Cl)c1cc(OC)cc(OC)c1Cl. The largest absolute Gasteiger partial charge is 0.497 e. The summed E-state index contributed by atoms with van der Waals surface area (Å²) >= 11 is 12.9. The lowest BCUT2D eigenvalue weighted by Gasteiger charge is -2.36. The van der Waals surface area contributed by atoms with Gasteiger partial charge in [-0.2, -0.15) is 0 Å². The molecular formula is C21H21Cl2FO5. The molecule has 0 amide bonds. The second-order valence-electron chi connectivity index (χ2n) is 6.08. The van der Waals surface area contributed by atoms with Crippen LogP contribution in [0.25, 0.3) is 0 Å².